The summed E-state index contributed by atoms with van der Waals surface area (Å²) in [5.74, 6) is 0.311. The molecule has 0 radical (unpaired) electrons. The Morgan fingerprint density at radius 1 is 0.960 bits per heavy atom. The van der Waals surface area contributed by atoms with Crippen LogP contribution >= 0.6 is 0 Å². The van der Waals surface area contributed by atoms with Gasteiger partial charge in [0.1, 0.15) is 0 Å². The fraction of sp³-hybridized carbons (Fsp3) is 0.150. The maximum Gasteiger partial charge on any atom is 0.273 e. The molecule has 0 aliphatic heterocycles. The Morgan fingerprint density at radius 2 is 1.64 bits per heavy atom. The molecule has 1 amide bonds. The number of hydrogen-bond donors (Lipinski definition) is 1. The number of Topliss-reactive ketones (excluding diaryl/α,β-unsaturated/α-hetero) is 1. The number of aromatic nitrogens is 1. The van der Waals surface area contributed by atoms with Crippen LogP contribution in [0.15, 0.2) is 71.3 Å². The van der Waals surface area contributed by atoms with Crippen molar-refractivity contribution in [2.45, 2.75) is 12.8 Å². The van der Waals surface area contributed by atoms with Gasteiger partial charge in [-0.1, -0.05) is 65.8 Å². The molecule has 25 heavy (non-hydrogen) atoms. The van der Waals surface area contributed by atoms with E-state index in [1.807, 2.05) is 48.5 Å². The summed E-state index contributed by atoms with van der Waals surface area (Å²) < 4.78 is 5.21. The Labute approximate surface area is 145 Å². The molecule has 5 heteroatoms. The molecular formula is C20H18N2O3. The van der Waals surface area contributed by atoms with Crippen LogP contribution in [0.1, 0.15) is 33.7 Å². The fourth-order valence-corrected chi connectivity index (χ4v) is 2.43. The minimum absolute atomic E-state index is 0.0719. The topological polar surface area (TPSA) is 72.2 Å². The van der Waals surface area contributed by atoms with Gasteiger partial charge in [0, 0.05) is 30.2 Å². The molecular weight excluding hydrogens is 316 g/mol. The molecule has 2 aromatic carbocycles. The largest absolute Gasteiger partial charge is 0.355 e. The monoisotopic (exact) mass is 334 g/mol. The van der Waals surface area contributed by atoms with Crippen molar-refractivity contribution in [3.63, 3.8) is 0 Å². The highest BCUT2D eigenvalue weighted by Crippen LogP contribution is 2.19. The molecule has 0 saturated carbocycles. The number of hydrogen-bond acceptors (Lipinski definition) is 4. The number of benzene rings is 2. The molecule has 0 saturated heterocycles. The van der Waals surface area contributed by atoms with E-state index in [4.69, 9.17) is 4.52 Å². The molecule has 0 bridgehead atoms. The lowest BCUT2D eigenvalue weighted by atomic mass is 10.1. The third-order valence-electron chi connectivity index (χ3n) is 3.76. The maximum atomic E-state index is 12.1. The average Bonchev–Trinajstić information content (AvgIpc) is 3.16. The van der Waals surface area contributed by atoms with Gasteiger partial charge in [0.2, 0.25) is 0 Å². The molecule has 1 N–H and O–H groups in total. The number of nitrogens with zero attached hydrogens (tertiary/aromatic N) is 1. The van der Waals surface area contributed by atoms with E-state index in [1.54, 1.807) is 18.2 Å². The zero-order valence-corrected chi connectivity index (χ0v) is 13.6. The third kappa shape index (κ3) is 4.41. The lowest BCUT2D eigenvalue weighted by molar-refractivity contribution is 0.0931. The highest BCUT2D eigenvalue weighted by Gasteiger charge is 2.13. The Balaban J connectivity index is 1.47. The van der Waals surface area contributed by atoms with E-state index in [0.29, 0.717) is 30.7 Å². The van der Waals surface area contributed by atoms with Crippen molar-refractivity contribution >= 4 is 11.7 Å². The summed E-state index contributed by atoms with van der Waals surface area (Å²) in [5.41, 5.74) is 1.79. The van der Waals surface area contributed by atoms with E-state index < -0.39 is 0 Å². The van der Waals surface area contributed by atoms with Crippen LogP contribution in [0.4, 0.5) is 0 Å². The van der Waals surface area contributed by atoms with Gasteiger partial charge < -0.3 is 9.84 Å². The van der Waals surface area contributed by atoms with Crippen LogP contribution in [-0.2, 0) is 0 Å². The summed E-state index contributed by atoms with van der Waals surface area (Å²) in [6.45, 7) is 0.408. The zero-order chi connectivity index (χ0) is 17.5. The van der Waals surface area contributed by atoms with Crippen molar-refractivity contribution in [3.8, 4) is 11.3 Å². The minimum atomic E-state index is -0.307. The van der Waals surface area contributed by atoms with Gasteiger partial charge in [0.05, 0.1) is 0 Å². The Morgan fingerprint density at radius 3 is 2.36 bits per heavy atom. The summed E-state index contributed by atoms with van der Waals surface area (Å²) in [5, 5.41) is 6.56. The molecule has 3 aromatic rings. The lowest BCUT2D eigenvalue weighted by Gasteiger charge is -2.03. The molecule has 1 aromatic heterocycles. The molecule has 3 rings (SSSR count). The van der Waals surface area contributed by atoms with Crippen molar-refractivity contribution in [1.29, 1.82) is 0 Å². The van der Waals surface area contributed by atoms with Gasteiger partial charge in [-0.3, -0.25) is 9.59 Å². The molecule has 0 fully saturated rings. The quantitative estimate of drug-likeness (QED) is 0.528. The predicted octanol–water partition coefficient (Wildman–Crippen LogP) is 3.73. The van der Waals surface area contributed by atoms with Gasteiger partial charge in [-0.05, 0) is 6.42 Å². The van der Waals surface area contributed by atoms with E-state index in [1.165, 1.54) is 0 Å². The molecule has 0 atom stereocenters. The van der Waals surface area contributed by atoms with E-state index in [-0.39, 0.29) is 17.4 Å². The summed E-state index contributed by atoms with van der Waals surface area (Å²) in [4.78, 5) is 24.1. The number of rotatable bonds is 7. The summed E-state index contributed by atoms with van der Waals surface area (Å²) in [6.07, 6.45) is 0.960. The van der Waals surface area contributed by atoms with Crippen molar-refractivity contribution in [2.75, 3.05) is 6.54 Å². The lowest BCUT2D eigenvalue weighted by Crippen LogP contribution is -2.25. The van der Waals surface area contributed by atoms with Crippen LogP contribution in [0.25, 0.3) is 11.3 Å². The van der Waals surface area contributed by atoms with Crippen molar-refractivity contribution in [2.24, 2.45) is 0 Å². The smallest absolute Gasteiger partial charge is 0.273 e. The SMILES string of the molecule is O=C(CCCNC(=O)c1cc(-c2ccccc2)on1)c1ccccc1. The van der Waals surface area contributed by atoms with Crippen LogP contribution < -0.4 is 5.32 Å². The molecule has 0 aliphatic rings. The van der Waals surface area contributed by atoms with Gasteiger partial charge in [-0.2, -0.15) is 0 Å². The van der Waals surface area contributed by atoms with Gasteiger partial charge in [0.25, 0.3) is 5.91 Å². The first-order chi connectivity index (χ1) is 12.2. The number of amides is 1. The fourth-order valence-electron chi connectivity index (χ4n) is 2.43. The highest BCUT2D eigenvalue weighted by atomic mass is 16.5. The number of nitrogens with one attached hydrogen (secondary N) is 1. The number of carbonyl (C=O) groups excluding carboxylic acids is 2. The second-order valence-electron chi connectivity index (χ2n) is 5.59. The van der Waals surface area contributed by atoms with E-state index in [9.17, 15) is 9.59 Å². The van der Waals surface area contributed by atoms with E-state index in [0.717, 1.165) is 5.56 Å². The normalized spacial score (nSPS) is 10.4. The minimum Gasteiger partial charge on any atom is -0.355 e. The van der Waals surface area contributed by atoms with Crippen molar-refractivity contribution in [1.82, 2.24) is 10.5 Å². The standard InChI is InChI=1S/C20H18N2O3/c23-18(15-8-3-1-4-9-15)12-7-13-21-20(24)17-14-19(25-22-17)16-10-5-2-6-11-16/h1-6,8-11,14H,7,12-13H2,(H,21,24). The number of carbonyl (C=O) groups is 2. The highest BCUT2D eigenvalue weighted by molar-refractivity contribution is 5.96. The Hall–Kier alpha value is -3.21. The predicted molar refractivity (Wildman–Crippen MR) is 94.3 cm³/mol. The van der Waals surface area contributed by atoms with E-state index in [2.05, 4.69) is 10.5 Å². The number of ketones is 1. The molecule has 0 aliphatic carbocycles. The summed E-state index contributed by atoms with van der Waals surface area (Å²) >= 11 is 0. The van der Waals surface area contributed by atoms with Gasteiger partial charge in [-0.25, -0.2) is 0 Å². The maximum absolute atomic E-state index is 12.1. The van der Waals surface area contributed by atoms with Gasteiger partial charge >= 0.3 is 0 Å². The van der Waals surface area contributed by atoms with E-state index >= 15 is 0 Å². The van der Waals surface area contributed by atoms with Crippen LogP contribution in [-0.4, -0.2) is 23.4 Å². The third-order valence-corrected chi connectivity index (χ3v) is 3.76. The van der Waals surface area contributed by atoms with Crippen LogP contribution in [0.3, 0.4) is 0 Å². The zero-order valence-electron chi connectivity index (χ0n) is 13.6. The molecule has 126 valence electrons. The second kappa shape index (κ2) is 8.06. The van der Waals surface area contributed by atoms with Gasteiger partial charge in [0.15, 0.2) is 17.2 Å². The molecule has 1 heterocycles. The summed E-state index contributed by atoms with van der Waals surface area (Å²) in [7, 11) is 0. The molecule has 5 nitrogen and oxygen atoms in total. The first kappa shape index (κ1) is 16.6. The van der Waals surface area contributed by atoms with Crippen LogP contribution in [0, 0.1) is 0 Å². The first-order valence-electron chi connectivity index (χ1n) is 8.12. The van der Waals surface area contributed by atoms with Crippen molar-refractivity contribution < 1.29 is 14.1 Å². The van der Waals surface area contributed by atoms with Crippen LogP contribution in [0.5, 0.6) is 0 Å². The molecule has 0 spiro atoms. The second-order valence-corrected chi connectivity index (χ2v) is 5.59. The first-order valence-corrected chi connectivity index (χ1v) is 8.12. The molecule has 0 unspecified atom stereocenters. The Bertz CT molecular complexity index is 842. The van der Waals surface area contributed by atoms with Crippen LogP contribution in [0.2, 0.25) is 0 Å². The van der Waals surface area contributed by atoms with Gasteiger partial charge in [-0.15, -0.1) is 0 Å². The summed E-state index contributed by atoms with van der Waals surface area (Å²) in [6, 6.07) is 20.2. The Kier molecular flexibility index (Phi) is 5.36. The van der Waals surface area contributed by atoms with Crippen molar-refractivity contribution in [3.05, 3.63) is 78.0 Å². The average molecular weight is 334 g/mol.